The van der Waals surface area contributed by atoms with Gasteiger partial charge < -0.3 is 10.6 Å². The molecule has 1 heterocycles. The summed E-state index contributed by atoms with van der Waals surface area (Å²) in [6.07, 6.45) is 4.66. The van der Waals surface area contributed by atoms with Gasteiger partial charge in [-0.2, -0.15) is 0 Å². The van der Waals surface area contributed by atoms with E-state index in [0.717, 1.165) is 22.6 Å². The fourth-order valence-corrected chi connectivity index (χ4v) is 1.88. The lowest BCUT2D eigenvalue weighted by Crippen LogP contribution is -2.12. The van der Waals surface area contributed by atoms with Crippen LogP contribution >= 0.6 is 0 Å². The van der Waals surface area contributed by atoms with Crippen LogP contribution in [0.25, 0.3) is 0 Å². The van der Waals surface area contributed by atoms with Crippen LogP contribution in [0.3, 0.4) is 0 Å². The lowest BCUT2D eigenvalue weighted by Gasteiger charge is -2.07. The molecule has 0 bridgehead atoms. The number of rotatable bonds is 0. The van der Waals surface area contributed by atoms with Gasteiger partial charge in [-0.15, -0.1) is 0 Å². The Hall–Kier alpha value is -2.03. The van der Waals surface area contributed by atoms with Gasteiger partial charge in [-0.1, -0.05) is 18.2 Å². The average molecular weight is 198 g/mol. The summed E-state index contributed by atoms with van der Waals surface area (Å²) < 4.78 is 0. The van der Waals surface area contributed by atoms with Crippen molar-refractivity contribution < 1.29 is 4.79 Å². The fraction of sp³-hybridized carbons (Fsp3) is 0.0833. The van der Waals surface area contributed by atoms with Crippen LogP contribution in [0, 0.1) is 0 Å². The van der Waals surface area contributed by atoms with Crippen molar-refractivity contribution in [2.45, 2.75) is 6.42 Å². The molecule has 0 unspecified atom stereocenters. The smallest absolute Gasteiger partial charge is 0.254 e. The molecule has 2 N–H and O–H groups in total. The molecule has 0 radical (unpaired) electrons. The first-order chi connectivity index (χ1) is 7.34. The predicted octanol–water partition coefficient (Wildman–Crippen LogP) is 2.26. The largest absolute Gasteiger partial charge is 0.353 e. The summed E-state index contributed by atoms with van der Waals surface area (Å²) in [5.41, 5.74) is 3.51. The molecule has 0 spiro atoms. The van der Waals surface area contributed by atoms with Crippen molar-refractivity contribution in [2.75, 3.05) is 10.6 Å². The molecule has 0 saturated heterocycles. The van der Waals surface area contributed by atoms with E-state index in [1.807, 2.05) is 36.4 Å². The molecule has 3 heteroatoms. The first-order valence-corrected chi connectivity index (χ1v) is 4.92. The summed E-state index contributed by atoms with van der Waals surface area (Å²) in [5, 5.41) is 6.16. The lowest BCUT2D eigenvalue weighted by atomic mass is 10.2. The predicted molar refractivity (Wildman–Crippen MR) is 59.5 cm³/mol. The Bertz CT molecular complexity index is 500. The van der Waals surface area contributed by atoms with E-state index in [1.54, 1.807) is 0 Å². The Morgan fingerprint density at radius 1 is 1.07 bits per heavy atom. The minimum atomic E-state index is -0.00699. The van der Waals surface area contributed by atoms with E-state index >= 15 is 0 Å². The average Bonchev–Trinajstić information content (AvgIpc) is 2.64. The summed E-state index contributed by atoms with van der Waals surface area (Å²) in [6.45, 7) is 0. The van der Waals surface area contributed by atoms with Gasteiger partial charge in [-0.3, -0.25) is 4.79 Å². The Kier molecular flexibility index (Phi) is 1.65. The summed E-state index contributed by atoms with van der Waals surface area (Å²) in [4.78, 5) is 11.8. The maximum absolute atomic E-state index is 11.8. The third-order valence-corrected chi connectivity index (χ3v) is 2.65. The summed E-state index contributed by atoms with van der Waals surface area (Å²) >= 11 is 0. The van der Waals surface area contributed by atoms with Crippen LogP contribution in [-0.2, 0) is 4.79 Å². The Balaban J connectivity index is 2.12. The van der Waals surface area contributed by atoms with Gasteiger partial charge in [0.15, 0.2) is 0 Å². The normalized spacial score (nSPS) is 17.7. The van der Waals surface area contributed by atoms with Crippen LogP contribution in [0.15, 0.2) is 47.7 Å². The van der Waals surface area contributed by atoms with E-state index in [1.165, 1.54) is 0 Å². The number of benzene rings is 1. The molecule has 2 aliphatic rings. The van der Waals surface area contributed by atoms with Crippen LogP contribution in [0.4, 0.5) is 11.4 Å². The van der Waals surface area contributed by atoms with E-state index in [0.29, 0.717) is 6.42 Å². The third kappa shape index (κ3) is 1.24. The minimum absolute atomic E-state index is 0.00699. The van der Waals surface area contributed by atoms with Crippen LogP contribution in [-0.4, -0.2) is 5.91 Å². The maximum Gasteiger partial charge on any atom is 0.254 e. The van der Waals surface area contributed by atoms with Crippen LogP contribution < -0.4 is 10.6 Å². The van der Waals surface area contributed by atoms with Gasteiger partial charge in [0, 0.05) is 11.3 Å². The molecule has 1 aromatic carbocycles. The number of hydrogen-bond donors (Lipinski definition) is 2. The number of para-hydroxylation sites is 2. The molecule has 3 rings (SSSR count). The molecule has 1 aliphatic carbocycles. The molecule has 1 aliphatic heterocycles. The number of nitrogens with one attached hydrogen (secondary N) is 2. The standard InChI is InChI=1S/C12H10N2O/c15-12-8-4-3-7-9(8)13-10-5-1-2-6-11(10)14-12/h1-3,5-7,13H,4H2,(H,14,15). The zero-order chi connectivity index (χ0) is 10.3. The van der Waals surface area contributed by atoms with Gasteiger partial charge in [0.25, 0.3) is 5.91 Å². The monoisotopic (exact) mass is 198 g/mol. The second-order valence-corrected chi connectivity index (χ2v) is 3.62. The van der Waals surface area contributed by atoms with E-state index < -0.39 is 0 Å². The zero-order valence-electron chi connectivity index (χ0n) is 8.08. The summed E-state index contributed by atoms with van der Waals surface area (Å²) in [7, 11) is 0. The van der Waals surface area contributed by atoms with Crippen molar-refractivity contribution in [1.82, 2.24) is 0 Å². The van der Waals surface area contributed by atoms with Crippen molar-refractivity contribution in [3.05, 3.63) is 47.7 Å². The van der Waals surface area contributed by atoms with Crippen LogP contribution in [0.5, 0.6) is 0 Å². The second kappa shape index (κ2) is 2.98. The van der Waals surface area contributed by atoms with E-state index in [2.05, 4.69) is 10.6 Å². The molecule has 0 fully saturated rings. The summed E-state index contributed by atoms with van der Waals surface area (Å²) in [5.74, 6) is -0.00699. The second-order valence-electron chi connectivity index (χ2n) is 3.62. The van der Waals surface area contributed by atoms with Gasteiger partial charge in [0.1, 0.15) is 0 Å². The highest BCUT2D eigenvalue weighted by atomic mass is 16.1. The number of fused-ring (bicyclic) bond motifs is 1. The van der Waals surface area contributed by atoms with E-state index in [9.17, 15) is 4.79 Å². The van der Waals surface area contributed by atoms with Crippen LogP contribution in [0.1, 0.15) is 6.42 Å². The van der Waals surface area contributed by atoms with Crippen LogP contribution in [0.2, 0.25) is 0 Å². The Morgan fingerprint density at radius 3 is 2.60 bits per heavy atom. The molecule has 0 atom stereocenters. The van der Waals surface area contributed by atoms with Gasteiger partial charge in [-0.25, -0.2) is 0 Å². The first kappa shape index (κ1) is 8.29. The molecule has 15 heavy (non-hydrogen) atoms. The molecule has 1 amide bonds. The quantitative estimate of drug-likeness (QED) is 0.671. The van der Waals surface area contributed by atoms with Crippen molar-refractivity contribution in [2.24, 2.45) is 0 Å². The van der Waals surface area contributed by atoms with Gasteiger partial charge in [-0.05, 0) is 24.6 Å². The molecule has 0 aromatic heterocycles. The number of carbonyl (C=O) groups is 1. The maximum atomic E-state index is 11.8. The molecule has 0 saturated carbocycles. The topological polar surface area (TPSA) is 41.1 Å². The number of carbonyl (C=O) groups excluding carboxylic acids is 1. The first-order valence-electron chi connectivity index (χ1n) is 4.92. The highest BCUT2D eigenvalue weighted by Gasteiger charge is 2.21. The zero-order valence-corrected chi connectivity index (χ0v) is 8.08. The van der Waals surface area contributed by atoms with Gasteiger partial charge in [0.2, 0.25) is 0 Å². The minimum Gasteiger partial charge on any atom is -0.353 e. The number of amides is 1. The third-order valence-electron chi connectivity index (χ3n) is 2.65. The number of anilines is 2. The molecule has 74 valence electrons. The van der Waals surface area contributed by atoms with Gasteiger partial charge >= 0.3 is 0 Å². The Morgan fingerprint density at radius 2 is 1.80 bits per heavy atom. The van der Waals surface area contributed by atoms with E-state index in [4.69, 9.17) is 0 Å². The molecule has 1 aromatic rings. The Labute approximate surface area is 87.5 Å². The highest BCUT2D eigenvalue weighted by molar-refractivity contribution is 6.08. The highest BCUT2D eigenvalue weighted by Crippen LogP contribution is 2.30. The van der Waals surface area contributed by atoms with Crippen molar-refractivity contribution in [1.29, 1.82) is 0 Å². The molecule has 3 nitrogen and oxygen atoms in total. The van der Waals surface area contributed by atoms with E-state index in [-0.39, 0.29) is 5.91 Å². The number of allylic oxidation sites excluding steroid dienone is 2. The molecular formula is C12H10N2O. The lowest BCUT2D eigenvalue weighted by molar-refractivity contribution is -0.112. The van der Waals surface area contributed by atoms with Crippen molar-refractivity contribution in [3.8, 4) is 0 Å². The SMILES string of the molecule is O=C1Nc2ccccc2NC2=C1CC=C2. The van der Waals surface area contributed by atoms with Gasteiger partial charge in [0.05, 0.1) is 11.4 Å². The summed E-state index contributed by atoms with van der Waals surface area (Å²) in [6, 6.07) is 7.71. The number of hydrogen-bond acceptors (Lipinski definition) is 2. The molecular weight excluding hydrogens is 188 g/mol. The van der Waals surface area contributed by atoms with Crippen molar-refractivity contribution >= 4 is 17.3 Å². The fourth-order valence-electron chi connectivity index (χ4n) is 1.88. The van der Waals surface area contributed by atoms with Crippen molar-refractivity contribution in [3.63, 3.8) is 0 Å².